The SMILES string of the molecule is COc1cc(/C=N\NC(=O)c2c(C)nnn2-c2nonc2N)ccc1OCc1c(Cl)cccc1Cl. The van der Waals surface area contributed by atoms with Crippen molar-refractivity contribution in [2.24, 2.45) is 5.10 Å². The Morgan fingerprint density at radius 2 is 2.00 bits per heavy atom. The Hall–Kier alpha value is -4.16. The maximum atomic E-state index is 12.7. The number of hydrogen-bond acceptors (Lipinski definition) is 10. The highest BCUT2D eigenvalue weighted by molar-refractivity contribution is 6.35. The Labute approximate surface area is 208 Å². The first-order chi connectivity index (χ1) is 16.9. The number of carbonyl (C=O) groups is 1. The zero-order valence-electron chi connectivity index (χ0n) is 18.4. The average molecular weight is 517 g/mol. The van der Waals surface area contributed by atoms with Crippen LogP contribution < -0.4 is 20.6 Å². The molecule has 0 unspecified atom stereocenters. The lowest BCUT2D eigenvalue weighted by Gasteiger charge is -2.13. The summed E-state index contributed by atoms with van der Waals surface area (Å²) in [6, 6.07) is 10.4. The van der Waals surface area contributed by atoms with Gasteiger partial charge in [-0.05, 0) is 53.1 Å². The number of anilines is 1. The number of nitrogens with zero attached hydrogens (tertiary/aromatic N) is 6. The summed E-state index contributed by atoms with van der Waals surface area (Å²) in [5.74, 6) is 0.344. The molecule has 4 rings (SSSR count). The number of nitrogens with two attached hydrogens (primary N) is 1. The molecule has 35 heavy (non-hydrogen) atoms. The monoisotopic (exact) mass is 516 g/mol. The van der Waals surface area contributed by atoms with Gasteiger partial charge in [-0.1, -0.05) is 34.5 Å². The fourth-order valence-corrected chi connectivity index (χ4v) is 3.53. The Morgan fingerprint density at radius 1 is 1.23 bits per heavy atom. The largest absolute Gasteiger partial charge is 0.493 e. The summed E-state index contributed by atoms with van der Waals surface area (Å²) < 4.78 is 16.9. The van der Waals surface area contributed by atoms with E-state index in [1.807, 2.05) is 0 Å². The van der Waals surface area contributed by atoms with E-state index < -0.39 is 5.91 Å². The molecule has 2 aromatic heterocycles. The van der Waals surface area contributed by atoms with Crippen molar-refractivity contribution in [3.05, 3.63) is 69.0 Å². The van der Waals surface area contributed by atoms with Crippen LogP contribution in [0, 0.1) is 6.92 Å². The number of nitrogens with one attached hydrogen (secondary N) is 1. The number of amides is 1. The van der Waals surface area contributed by atoms with Gasteiger partial charge in [0.2, 0.25) is 11.6 Å². The maximum Gasteiger partial charge on any atom is 0.292 e. The number of aromatic nitrogens is 5. The van der Waals surface area contributed by atoms with Crippen LogP contribution in [-0.4, -0.2) is 44.5 Å². The molecule has 0 fully saturated rings. The van der Waals surface area contributed by atoms with Gasteiger partial charge < -0.3 is 15.2 Å². The Bertz CT molecular complexity index is 1380. The minimum Gasteiger partial charge on any atom is -0.493 e. The molecule has 0 atom stereocenters. The quantitative estimate of drug-likeness (QED) is 0.265. The van der Waals surface area contributed by atoms with E-state index in [2.05, 4.69) is 35.8 Å². The van der Waals surface area contributed by atoms with Crippen molar-refractivity contribution in [2.45, 2.75) is 13.5 Å². The van der Waals surface area contributed by atoms with E-state index in [9.17, 15) is 4.79 Å². The summed E-state index contributed by atoms with van der Waals surface area (Å²) in [4.78, 5) is 12.7. The van der Waals surface area contributed by atoms with Crippen molar-refractivity contribution >= 4 is 41.1 Å². The second-order valence-corrected chi connectivity index (χ2v) is 7.82. The van der Waals surface area contributed by atoms with E-state index in [1.54, 1.807) is 43.3 Å². The number of ether oxygens (including phenoxy) is 2. The number of rotatable bonds is 8. The maximum absolute atomic E-state index is 12.7. The summed E-state index contributed by atoms with van der Waals surface area (Å²) in [6.07, 6.45) is 1.44. The third-order valence-electron chi connectivity index (χ3n) is 4.75. The van der Waals surface area contributed by atoms with E-state index in [0.29, 0.717) is 38.4 Å². The second-order valence-electron chi connectivity index (χ2n) is 7.01. The van der Waals surface area contributed by atoms with Crippen LogP contribution in [0.15, 0.2) is 46.1 Å². The van der Waals surface area contributed by atoms with Crippen molar-refractivity contribution in [2.75, 3.05) is 12.8 Å². The van der Waals surface area contributed by atoms with Crippen LogP contribution in [0.1, 0.15) is 27.3 Å². The van der Waals surface area contributed by atoms with Gasteiger partial charge >= 0.3 is 0 Å². The zero-order valence-corrected chi connectivity index (χ0v) is 19.9. The van der Waals surface area contributed by atoms with Crippen LogP contribution in [0.25, 0.3) is 5.82 Å². The third kappa shape index (κ3) is 5.18. The number of carbonyl (C=O) groups excluding carboxylic acids is 1. The van der Waals surface area contributed by atoms with E-state index in [4.69, 9.17) is 38.4 Å². The lowest BCUT2D eigenvalue weighted by molar-refractivity contribution is 0.0946. The van der Waals surface area contributed by atoms with E-state index >= 15 is 0 Å². The highest BCUT2D eigenvalue weighted by atomic mass is 35.5. The third-order valence-corrected chi connectivity index (χ3v) is 5.46. The summed E-state index contributed by atoms with van der Waals surface area (Å²) in [5.41, 5.74) is 9.81. The minimum atomic E-state index is -0.588. The fraction of sp³-hybridized carbons (Fsp3) is 0.143. The van der Waals surface area contributed by atoms with Gasteiger partial charge in [0, 0.05) is 15.6 Å². The first kappa shape index (κ1) is 24.0. The molecule has 4 aromatic rings. The number of aryl methyl sites for hydroxylation is 1. The number of methoxy groups -OCH3 is 1. The summed E-state index contributed by atoms with van der Waals surface area (Å²) >= 11 is 12.4. The fourth-order valence-electron chi connectivity index (χ4n) is 3.03. The first-order valence-electron chi connectivity index (χ1n) is 9.97. The second kappa shape index (κ2) is 10.4. The van der Waals surface area contributed by atoms with Crippen molar-refractivity contribution in [3.8, 4) is 17.3 Å². The molecule has 12 nitrogen and oxygen atoms in total. The first-order valence-corrected chi connectivity index (χ1v) is 10.7. The summed E-state index contributed by atoms with van der Waals surface area (Å²) in [7, 11) is 1.51. The van der Waals surface area contributed by atoms with Gasteiger partial charge in [0.1, 0.15) is 6.61 Å². The highest BCUT2D eigenvalue weighted by Crippen LogP contribution is 2.31. The van der Waals surface area contributed by atoms with Crippen molar-refractivity contribution in [1.29, 1.82) is 0 Å². The molecular weight excluding hydrogens is 499 g/mol. The Kier molecular flexibility index (Phi) is 7.13. The predicted molar refractivity (Wildman–Crippen MR) is 127 cm³/mol. The number of hydrogen-bond donors (Lipinski definition) is 2. The smallest absolute Gasteiger partial charge is 0.292 e. The molecule has 0 aliphatic heterocycles. The molecule has 3 N–H and O–H groups in total. The van der Waals surface area contributed by atoms with Crippen molar-refractivity contribution in [3.63, 3.8) is 0 Å². The molecule has 0 spiro atoms. The lowest BCUT2D eigenvalue weighted by Crippen LogP contribution is -2.22. The van der Waals surface area contributed by atoms with Crippen LogP contribution in [-0.2, 0) is 6.61 Å². The molecule has 14 heteroatoms. The minimum absolute atomic E-state index is 0.0399. The van der Waals surface area contributed by atoms with Crippen LogP contribution >= 0.6 is 23.2 Å². The van der Waals surface area contributed by atoms with Crippen LogP contribution in [0.4, 0.5) is 5.82 Å². The lowest BCUT2D eigenvalue weighted by atomic mass is 10.2. The standard InChI is InChI=1S/C21H18Cl2N8O4/c1-11-18(31(30-26-11)20-19(24)28-35-29-20)21(32)27-25-9-12-6-7-16(17(8-12)33-2)34-10-13-14(22)4-3-5-15(13)23/h3-9H,10H2,1-2H3,(H2,24,28)(H,27,32)/b25-9-. The van der Waals surface area contributed by atoms with E-state index in [-0.39, 0.29) is 23.9 Å². The molecule has 0 aliphatic rings. The Morgan fingerprint density at radius 3 is 2.69 bits per heavy atom. The van der Waals surface area contributed by atoms with Crippen molar-refractivity contribution < 1.29 is 18.9 Å². The van der Waals surface area contributed by atoms with Gasteiger partial charge in [-0.15, -0.1) is 5.10 Å². The molecule has 180 valence electrons. The number of benzene rings is 2. The van der Waals surface area contributed by atoms with Crippen LogP contribution in [0.2, 0.25) is 10.0 Å². The van der Waals surface area contributed by atoms with E-state index in [1.165, 1.54) is 13.3 Å². The molecular formula is C21H18Cl2N8O4. The van der Waals surface area contributed by atoms with Crippen LogP contribution in [0.3, 0.4) is 0 Å². The predicted octanol–water partition coefficient (Wildman–Crippen LogP) is 3.20. The van der Waals surface area contributed by atoms with Crippen LogP contribution in [0.5, 0.6) is 11.5 Å². The number of hydrazone groups is 1. The van der Waals surface area contributed by atoms with Gasteiger partial charge in [0.25, 0.3) is 5.91 Å². The molecule has 0 saturated heterocycles. The molecule has 0 aliphatic carbocycles. The molecule has 1 amide bonds. The summed E-state index contributed by atoms with van der Waals surface area (Å²) in [6.45, 7) is 1.76. The number of nitrogen functional groups attached to an aromatic ring is 1. The highest BCUT2D eigenvalue weighted by Gasteiger charge is 2.22. The topological polar surface area (TPSA) is 156 Å². The normalized spacial score (nSPS) is 11.1. The summed E-state index contributed by atoms with van der Waals surface area (Å²) in [5, 5.41) is 19.8. The van der Waals surface area contributed by atoms with E-state index in [0.717, 1.165) is 4.68 Å². The van der Waals surface area contributed by atoms with Gasteiger partial charge in [0.05, 0.1) is 19.0 Å². The Balaban J connectivity index is 1.45. The van der Waals surface area contributed by atoms with Gasteiger partial charge in [-0.25, -0.2) is 10.1 Å². The molecule has 2 aromatic carbocycles. The molecule has 0 bridgehead atoms. The van der Waals surface area contributed by atoms with Gasteiger partial charge in [0.15, 0.2) is 17.2 Å². The molecule has 0 saturated carbocycles. The molecule has 0 radical (unpaired) electrons. The number of halogens is 2. The van der Waals surface area contributed by atoms with Gasteiger partial charge in [-0.3, -0.25) is 4.79 Å². The van der Waals surface area contributed by atoms with Gasteiger partial charge in [-0.2, -0.15) is 9.78 Å². The molecule has 2 heterocycles. The van der Waals surface area contributed by atoms with Crippen molar-refractivity contribution in [1.82, 2.24) is 30.7 Å². The zero-order chi connectivity index (χ0) is 24.9. The average Bonchev–Trinajstić information content (AvgIpc) is 3.43.